The van der Waals surface area contributed by atoms with Gasteiger partial charge in [-0.25, -0.2) is 0 Å². The van der Waals surface area contributed by atoms with Crippen molar-refractivity contribution < 1.29 is 4.79 Å². The summed E-state index contributed by atoms with van der Waals surface area (Å²) in [5.41, 5.74) is 11.0. The van der Waals surface area contributed by atoms with Crippen LogP contribution in [0.5, 0.6) is 0 Å². The number of aryl methyl sites for hydroxylation is 1. The highest BCUT2D eigenvalue weighted by Crippen LogP contribution is 2.31. The van der Waals surface area contributed by atoms with Crippen LogP contribution in [0.15, 0.2) is 6.07 Å². The lowest BCUT2D eigenvalue weighted by Crippen LogP contribution is -2.20. The maximum Gasteiger partial charge on any atom is 0.224 e. The minimum Gasteiger partial charge on any atom is -0.398 e. The van der Waals surface area contributed by atoms with Gasteiger partial charge in [-0.3, -0.25) is 4.79 Å². The van der Waals surface area contributed by atoms with E-state index in [9.17, 15) is 4.79 Å². The van der Waals surface area contributed by atoms with Crippen molar-refractivity contribution in [2.75, 3.05) is 11.1 Å². The quantitative estimate of drug-likeness (QED) is 0.612. The van der Waals surface area contributed by atoms with Crippen LogP contribution in [0.4, 0.5) is 11.4 Å². The number of hydrogen-bond donors (Lipinski definition) is 2. The summed E-state index contributed by atoms with van der Waals surface area (Å²) in [6.07, 6.45) is 1.36. The first-order chi connectivity index (χ1) is 6.59. The van der Waals surface area contributed by atoms with Crippen molar-refractivity contribution in [2.45, 2.75) is 26.7 Å². The third-order valence-corrected chi connectivity index (χ3v) is 2.91. The lowest BCUT2D eigenvalue weighted by atomic mass is 9.95. The summed E-state index contributed by atoms with van der Waals surface area (Å²) < 4.78 is 0. The zero-order chi connectivity index (χ0) is 10.3. The number of nitrogen functional groups attached to an aromatic ring is 1. The number of benzene rings is 1. The van der Waals surface area contributed by atoms with Gasteiger partial charge in [0.2, 0.25) is 5.91 Å². The lowest BCUT2D eigenvalue weighted by molar-refractivity contribution is -0.116. The minimum absolute atomic E-state index is 0.102. The Labute approximate surface area is 83.3 Å². The first-order valence-corrected chi connectivity index (χ1v) is 4.78. The standard InChI is InChI=1S/C11H14N2O/c1-6-7(2)11-8(5-9(6)12)3-4-10(14)13-11/h5H,3-4,12H2,1-2H3,(H,13,14). The predicted molar refractivity (Wildman–Crippen MR) is 57.3 cm³/mol. The molecule has 0 radical (unpaired) electrons. The Morgan fingerprint density at radius 2 is 2.00 bits per heavy atom. The highest BCUT2D eigenvalue weighted by atomic mass is 16.1. The topological polar surface area (TPSA) is 55.1 Å². The van der Waals surface area contributed by atoms with E-state index in [1.807, 2.05) is 19.9 Å². The van der Waals surface area contributed by atoms with E-state index in [4.69, 9.17) is 5.73 Å². The summed E-state index contributed by atoms with van der Waals surface area (Å²) in [6, 6.07) is 1.97. The maximum atomic E-state index is 11.2. The molecule has 0 saturated carbocycles. The van der Waals surface area contributed by atoms with Gasteiger partial charge in [0, 0.05) is 17.8 Å². The molecule has 1 heterocycles. The van der Waals surface area contributed by atoms with Crippen LogP contribution in [0.25, 0.3) is 0 Å². The van der Waals surface area contributed by atoms with Gasteiger partial charge in [0.15, 0.2) is 0 Å². The van der Waals surface area contributed by atoms with E-state index in [2.05, 4.69) is 5.32 Å². The fraction of sp³-hybridized carbons (Fsp3) is 0.364. The molecule has 3 nitrogen and oxygen atoms in total. The number of nitrogens with two attached hydrogens (primary N) is 1. The molecule has 0 fully saturated rings. The zero-order valence-electron chi connectivity index (χ0n) is 8.48. The number of anilines is 2. The number of carbonyl (C=O) groups is 1. The van der Waals surface area contributed by atoms with Gasteiger partial charge in [-0.15, -0.1) is 0 Å². The van der Waals surface area contributed by atoms with Gasteiger partial charge < -0.3 is 11.1 Å². The molecule has 2 rings (SSSR count). The van der Waals surface area contributed by atoms with Crippen LogP contribution in [-0.4, -0.2) is 5.91 Å². The SMILES string of the molecule is Cc1c(N)cc2c(c1C)NC(=O)CC2. The van der Waals surface area contributed by atoms with Gasteiger partial charge >= 0.3 is 0 Å². The lowest BCUT2D eigenvalue weighted by Gasteiger charge is -2.21. The van der Waals surface area contributed by atoms with Crippen LogP contribution in [0.3, 0.4) is 0 Å². The van der Waals surface area contributed by atoms with Gasteiger partial charge in [0.1, 0.15) is 0 Å². The highest BCUT2D eigenvalue weighted by molar-refractivity contribution is 5.95. The van der Waals surface area contributed by atoms with Crippen molar-refractivity contribution in [3.63, 3.8) is 0 Å². The maximum absolute atomic E-state index is 11.2. The Kier molecular flexibility index (Phi) is 1.95. The van der Waals surface area contributed by atoms with Gasteiger partial charge in [-0.2, -0.15) is 0 Å². The number of carbonyl (C=O) groups excluding carboxylic acids is 1. The van der Waals surface area contributed by atoms with E-state index in [-0.39, 0.29) is 5.91 Å². The second kappa shape index (κ2) is 3.01. The van der Waals surface area contributed by atoms with E-state index in [0.717, 1.165) is 34.5 Å². The second-order valence-electron chi connectivity index (χ2n) is 3.80. The van der Waals surface area contributed by atoms with E-state index in [1.54, 1.807) is 0 Å². The van der Waals surface area contributed by atoms with E-state index >= 15 is 0 Å². The average Bonchev–Trinajstić information content (AvgIpc) is 2.16. The molecule has 14 heavy (non-hydrogen) atoms. The molecular formula is C11H14N2O. The molecule has 0 atom stereocenters. The number of hydrogen-bond acceptors (Lipinski definition) is 2. The molecular weight excluding hydrogens is 176 g/mol. The van der Waals surface area contributed by atoms with Crippen molar-refractivity contribution >= 4 is 17.3 Å². The van der Waals surface area contributed by atoms with E-state index in [0.29, 0.717) is 6.42 Å². The molecule has 74 valence electrons. The van der Waals surface area contributed by atoms with E-state index in [1.165, 1.54) is 0 Å². The molecule has 0 spiro atoms. The van der Waals surface area contributed by atoms with Gasteiger partial charge in [0.25, 0.3) is 0 Å². The largest absolute Gasteiger partial charge is 0.398 e. The van der Waals surface area contributed by atoms with Crippen LogP contribution in [-0.2, 0) is 11.2 Å². The fourth-order valence-corrected chi connectivity index (χ4v) is 1.83. The van der Waals surface area contributed by atoms with Crippen molar-refractivity contribution in [1.29, 1.82) is 0 Å². The number of rotatable bonds is 0. The van der Waals surface area contributed by atoms with Gasteiger partial charge in [0.05, 0.1) is 0 Å². The normalized spacial score (nSPS) is 14.9. The zero-order valence-corrected chi connectivity index (χ0v) is 8.48. The van der Waals surface area contributed by atoms with Crippen LogP contribution in [0, 0.1) is 13.8 Å². The smallest absolute Gasteiger partial charge is 0.224 e. The summed E-state index contributed by atoms with van der Waals surface area (Å²) in [6.45, 7) is 3.97. The molecule has 0 unspecified atom stereocenters. The third kappa shape index (κ3) is 1.25. The number of fused-ring (bicyclic) bond motifs is 1. The number of amides is 1. The molecule has 0 aromatic heterocycles. The fourth-order valence-electron chi connectivity index (χ4n) is 1.83. The van der Waals surface area contributed by atoms with Crippen LogP contribution in [0.1, 0.15) is 23.1 Å². The number of nitrogens with one attached hydrogen (secondary N) is 1. The molecule has 0 bridgehead atoms. The predicted octanol–water partition coefficient (Wildman–Crippen LogP) is 1.77. The monoisotopic (exact) mass is 190 g/mol. The minimum atomic E-state index is 0.102. The molecule has 1 amide bonds. The van der Waals surface area contributed by atoms with Gasteiger partial charge in [-0.05, 0) is 43.0 Å². The van der Waals surface area contributed by atoms with Crippen LogP contribution in [0.2, 0.25) is 0 Å². The van der Waals surface area contributed by atoms with E-state index < -0.39 is 0 Å². The summed E-state index contributed by atoms with van der Waals surface area (Å²) in [7, 11) is 0. The van der Waals surface area contributed by atoms with Crippen molar-refractivity contribution in [3.8, 4) is 0 Å². The first-order valence-electron chi connectivity index (χ1n) is 4.78. The summed E-state index contributed by atoms with van der Waals surface area (Å²) in [4.78, 5) is 11.2. The first kappa shape index (κ1) is 9.06. The molecule has 0 aliphatic carbocycles. The summed E-state index contributed by atoms with van der Waals surface area (Å²) in [5, 5.41) is 2.90. The average molecular weight is 190 g/mol. The Morgan fingerprint density at radius 1 is 1.29 bits per heavy atom. The summed E-state index contributed by atoms with van der Waals surface area (Å²) >= 11 is 0. The van der Waals surface area contributed by atoms with Crippen LogP contribution >= 0.6 is 0 Å². The van der Waals surface area contributed by atoms with Crippen LogP contribution < -0.4 is 11.1 Å². The Hall–Kier alpha value is -1.51. The molecule has 1 aliphatic rings. The Morgan fingerprint density at radius 3 is 2.71 bits per heavy atom. The molecule has 3 N–H and O–H groups in total. The summed E-state index contributed by atoms with van der Waals surface area (Å²) in [5.74, 6) is 0.102. The third-order valence-electron chi connectivity index (χ3n) is 2.91. The molecule has 1 aromatic rings. The molecule has 0 saturated heterocycles. The molecule has 1 aromatic carbocycles. The van der Waals surface area contributed by atoms with Crippen molar-refractivity contribution in [3.05, 3.63) is 22.8 Å². The Bertz CT molecular complexity index is 410. The Balaban J connectivity index is 2.60. The van der Waals surface area contributed by atoms with Gasteiger partial charge in [-0.1, -0.05) is 0 Å². The highest BCUT2D eigenvalue weighted by Gasteiger charge is 2.18. The second-order valence-corrected chi connectivity index (χ2v) is 3.80. The van der Waals surface area contributed by atoms with Crippen molar-refractivity contribution in [1.82, 2.24) is 0 Å². The molecule has 1 aliphatic heterocycles. The molecule has 3 heteroatoms. The van der Waals surface area contributed by atoms with Crippen molar-refractivity contribution in [2.24, 2.45) is 0 Å².